The van der Waals surface area contributed by atoms with Gasteiger partial charge in [0.1, 0.15) is 24.7 Å². The summed E-state index contributed by atoms with van der Waals surface area (Å²) in [5.74, 6) is -1.59. The van der Waals surface area contributed by atoms with Gasteiger partial charge in [0.25, 0.3) is 0 Å². The highest BCUT2D eigenvalue weighted by molar-refractivity contribution is 5.93. The van der Waals surface area contributed by atoms with E-state index in [2.05, 4.69) is 21.3 Å². The van der Waals surface area contributed by atoms with Crippen molar-refractivity contribution in [1.82, 2.24) is 21.3 Å². The lowest BCUT2D eigenvalue weighted by Crippen LogP contribution is -2.58. The van der Waals surface area contributed by atoms with Crippen LogP contribution >= 0.6 is 0 Å². The lowest BCUT2D eigenvalue weighted by Gasteiger charge is -2.25. The second kappa shape index (κ2) is 17.6. The van der Waals surface area contributed by atoms with Crippen LogP contribution in [0.1, 0.15) is 57.6 Å². The van der Waals surface area contributed by atoms with E-state index in [1.165, 1.54) is 0 Å². The first-order valence-electron chi connectivity index (χ1n) is 13.7. The molecule has 5 N–H and O–H groups in total. The van der Waals surface area contributed by atoms with Crippen LogP contribution in [0.3, 0.4) is 0 Å². The summed E-state index contributed by atoms with van der Waals surface area (Å²) in [5, 5.41) is 20.5. The van der Waals surface area contributed by atoms with Gasteiger partial charge in [0, 0.05) is 6.54 Å². The number of aliphatic hydroxyl groups is 1. The molecule has 0 aliphatic heterocycles. The Morgan fingerprint density at radius 3 is 1.93 bits per heavy atom. The van der Waals surface area contributed by atoms with E-state index in [9.17, 15) is 24.3 Å². The summed E-state index contributed by atoms with van der Waals surface area (Å²) in [6.07, 6.45) is 1.35. The number of hydrogen-bond acceptors (Lipinski definition) is 6. The molecule has 0 heterocycles. The molecule has 2 aromatic carbocycles. The van der Waals surface area contributed by atoms with E-state index in [1.54, 1.807) is 0 Å². The van der Waals surface area contributed by atoms with Gasteiger partial charge in [0.2, 0.25) is 17.7 Å². The number of ether oxygens (including phenoxy) is 1. The number of unbranched alkanes of at least 4 members (excludes halogenated alkanes) is 1. The fraction of sp³-hybridized carbons (Fsp3) is 0.467. The topological polar surface area (TPSA) is 146 Å². The second-order valence-electron chi connectivity index (χ2n) is 10.0. The van der Waals surface area contributed by atoms with Crippen LogP contribution in [0.5, 0.6) is 0 Å². The monoisotopic (exact) mass is 554 g/mol. The van der Waals surface area contributed by atoms with E-state index in [1.807, 2.05) is 81.4 Å². The molecule has 218 valence electrons. The van der Waals surface area contributed by atoms with E-state index in [4.69, 9.17) is 4.74 Å². The zero-order valence-electron chi connectivity index (χ0n) is 23.5. The van der Waals surface area contributed by atoms with Crippen molar-refractivity contribution >= 4 is 23.8 Å². The molecule has 0 aromatic heterocycles. The number of carbonyl (C=O) groups is 4. The third kappa shape index (κ3) is 11.9. The number of carbonyl (C=O) groups excluding carboxylic acids is 4. The molecule has 0 unspecified atom stereocenters. The summed E-state index contributed by atoms with van der Waals surface area (Å²) in [7, 11) is 0. The molecule has 4 amide bonds. The lowest BCUT2D eigenvalue weighted by molar-refractivity contribution is -0.133. The van der Waals surface area contributed by atoms with Gasteiger partial charge in [0.05, 0.1) is 6.61 Å². The van der Waals surface area contributed by atoms with Crippen molar-refractivity contribution in [3.8, 4) is 0 Å². The summed E-state index contributed by atoms with van der Waals surface area (Å²) in [6.45, 7) is 5.46. The van der Waals surface area contributed by atoms with Crippen LogP contribution in [0.15, 0.2) is 60.7 Å². The summed E-state index contributed by atoms with van der Waals surface area (Å²) in [4.78, 5) is 51.3. The maximum absolute atomic E-state index is 13.0. The zero-order valence-corrected chi connectivity index (χ0v) is 23.5. The zero-order chi connectivity index (χ0) is 29.3. The summed E-state index contributed by atoms with van der Waals surface area (Å²) in [5.41, 5.74) is 1.71. The fourth-order valence-corrected chi connectivity index (χ4v) is 3.93. The molecule has 0 fully saturated rings. The SMILES string of the molecule is CCCC[C@H](NC(=O)OCc1ccccc1)C(=O)N[C@@H](CO)C(=O)N[C@@H](CC(C)C)C(=O)NCc1ccccc1. The first kappa shape index (κ1) is 32.3. The number of nitrogens with one attached hydrogen (secondary N) is 4. The number of rotatable bonds is 16. The van der Waals surface area contributed by atoms with E-state index in [0.29, 0.717) is 25.8 Å². The van der Waals surface area contributed by atoms with Crippen molar-refractivity contribution in [2.24, 2.45) is 5.92 Å². The van der Waals surface area contributed by atoms with E-state index >= 15 is 0 Å². The highest BCUT2D eigenvalue weighted by atomic mass is 16.5. The van der Waals surface area contributed by atoms with E-state index in [0.717, 1.165) is 17.5 Å². The van der Waals surface area contributed by atoms with Crippen molar-refractivity contribution < 1.29 is 29.0 Å². The Bertz CT molecular complexity index is 1060. The minimum atomic E-state index is -1.31. The Hall–Kier alpha value is -3.92. The Morgan fingerprint density at radius 2 is 1.35 bits per heavy atom. The largest absolute Gasteiger partial charge is 0.445 e. The third-order valence-corrected chi connectivity index (χ3v) is 6.13. The molecule has 2 aromatic rings. The van der Waals surface area contributed by atoms with Crippen LogP contribution in [-0.4, -0.2) is 53.7 Å². The average molecular weight is 555 g/mol. The normalized spacial score (nSPS) is 13.0. The first-order chi connectivity index (χ1) is 19.2. The minimum absolute atomic E-state index is 0.0417. The van der Waals surface area contributed by atoms with Gasteiger partial charge in [-0.25, -0.2) is 4.79 Å². The second-order valence-corrected chi connectivity index (χ2v) is 10.0. The number of amides is 4. The number of benzene rings is 2. The molecular weight excluding hydrogens is 512 g/mol. The average Bonchev–Trinajstić information content (AvgIpc) is 2.95. The van der Waals surface area contributed by atoms with Gasteiger partial charge in [-0.2, -0.15) is 0 Å². The van der Waals surface area contributed by atoms with Crippen molar-refractivity contribution in [3.63, 3.8) is 0 Å². The van der Waals surface area contributed by atoms with Crippen LogP contribution in [-0.2, 0) is 32.3 Å². The summed E-state index contributed by atoms with van der Waals surface area (Å²) >= 11 is 0. The molecule has 40 heavy (non-hydrogen) atoms. The van der Waals surface area contributed by atoms with Gasteiger partial charge in [-0.1, -0.05) is 94.3 Å². The number of aliphatic hydroxyl groups excluding tert-OH is 1. The number of hydrogen-bond donors (Lipinski definition) is 5. The first-order valence-corrected chi connectivity index (χ1v) is 13.7. The maximum atomic E-state index is 13.0. The lowest BCUT2D eigenvalue weighted by atomic mass is 10.0. The Kier molecular flexibility index (Phi) is 14.2. The molecule has 0 radical (unpaired) electrons. The highest BCUT2D eigenvalue weighted by Crippen LogP contribution is 2.08. The van der Waals surface area contributed by atoms with Crippen LogP contribution in [0.4, 0.5) is 4.79 Å². The quantitative estimate of drug-likeness (QED) is 0.216. The summed E-state index contributed by atoms with van der Waals surface area (Å²) < 4.78 is 5.24. The molecule has 0 saturated heterocycles. The fourth-order valence-electron chi connectivity index (χ4n) is 3.93. The molecule has 10 heteroatoms. The van der Waals surface area contributed by atoms with Gasteiger partial charge in [0.15, 0.2) is 0 Å². The standard InChI is InChI=1S/C30H42N4O6/c1-4-5-16-24(34-30(39)40-20-23-14-10-7-11-15-23)28(37)33-26(19-35)29(38)32-25(17-21(2)3)27(36)31-18-22-12-8-6-9-13-22/h6-15,21,24-26,35H,4-5,16-20H2,1-3H3,(H,31,36)(H,32,38)(H,33,37)(H,34,39)/t24-,25-,26-/m0/s1. The van der Waals surface area contributed by atoms with Gasteiger partial charge in [-0.05, 0) is 29.9 Å². The molecule has 3 atom stereocenters. The van der Waals surface area contributed by atoms with Gasteiger partial charge >= 0.3 is 6.09 Å². The molecule has 0 aliphatic rings. The molecule has 10 nitrogen and oxygen atoms in total. The summed E-state index contributed by atoms with van der Waals surface area (Å²) in [6, 6.07) is 15.4. The third-order valence-electron chi connectivity index (χ3n) is 6.13. The van der Waals surface area contributed by atoms with Crippen molar-refractivity contribution in [1.29, 1.82) is 0 Å². The Morgan fingerprint density at radius 1 is 0.775 bits per heavy atom. The van der Waals surface area contributed by atoms with E-state index in [-0.39, 0.29) is 18.4 Å². The molecular formula is C30H42N4O6. The molecule has 2 rings (SSSR count). The molecule has 0 spiro atoms. The van der Waals surface area contributed by atoms with Crippen LogP contribution in [0.2, 0.25) is 0 Å². The minimum Gasteiger partial charge on any atom is -0.445 e. The van der Waals surface area contributed by atoms with Gasteiger partial charge in [-0.3, -0.25) is 14.4 Å². The van der Waals surface area contributed by atoms with Gasteiger partial charge in [-0.15, -0.1) is 0 Å². The molecule has 0 saturated carbocycles. The van der Waals surface area contributed by atoms with Crippen molar-refractivity contribution in [3.05, 3.63) is 71.8 Å². The number of alkyl carbamates (subject to hydrolysis) is 1. The van der Waals surface area contributed by atoms with Crippen LogP contribution < -0.4 is 21.3 Å². The van der Waals surface area contributed by atoms with Crippen LogP contribution in [0.25, 0.3) is 0 Å². The predicted molar refractivity (Wildman–Crippen MR) is 152 cm³/mol. The maximum Gasteiger partial charge on any atom is 0.408 e. The Balaban J connectivity index is 1.98. The molecule has 0 bridgehead atoms. The molecule has 0 aliphatic carbocycles. The van der Waals surface area contributed by atoms with Gasteiger partial charge < -0.3 is 31.1 Å². The Labute approximate surface area is 236 Å². The van der Waals surface area contributed by atoms with Crippen molar-refractivity contribution in [2.45, 2.75) is 77.7 Å². The van der Waals surface area contributed by atoms with E-state index < -0.39 is 42.6 Å². The highest BCUT2D eigenvalue weighted by Gasteiger charge is 2.29. The van der Waals surface area contributed by atoms with Crippen molar-refractivity contribution in [2.75, 3.05) is 6.61 Å². The predicted octanol–water partition coefficient (Wildman–Crippen LogP) is 2.80. The smallest absolute Gasteiger partial charge is 0.408 e. The van der Waals surface area contributed by atoms with Crippen LogP contribution in [0, 0.1) is 5.92 Å².